The van der Waals surface area contributed by atoms with E-state index < -0.39 is 40.9 Å². The molecular weight excluding hydrogens is 366 g/mol. The molecule has 0 saturated carbocycles. The molecule has 1 aromatic rings. The van der Waals surface area contributed by atoms with Gasteiger partial charge in [0.15, 0.2) is 11.6 Å². The average Bonchev–Trinajstić information content (AvgIpc) is 3.01. The minimum Gasteiger partial charge on any atom is -0.503 e. The van der Waals surface area contributed by atoms with E-state index in [0.717, 1.165) is 6.07 Å². The standard InChI is InChI=1S/C19H22F2N2O3.C2H6.H2/c1-10(8-11(2)19(3,4)21)12-9-22-17(25)15(12)18(26)23-14-7-5-6-13(20)16(14)24;1-2;/h5-8,12,15,24H,1,9H2,2-4H3,(H,22,25)(H,23,26);1-2H3;1H/b11-8+;;/t12-,15-;;/m1../s1. The minimum absolute atomic E-state index is 0. The first-order valence-corrected chi connectivity index (χ1v) is 9.15. The first-order valence-electron chi connectivity index (χ1n) is 9.15. The van der Waals surface area contributed by atoms with Crippen molar-refractivity contribution in [1.29, 1.82) is 0 Å². The van der Waals surface area contributed by atoms with E-state index >= 15 is 0 Å². The molecule has 0 spiro atoms. The van der Waals surface area contributed by atoms with Crippen LogP contribution in [-0.2, 0) is 9.59 Å². The zero-order valence-corrected chi connectivity index (χ0v) is 16.9. The van der Waals surface area contributed by atoms with Crippen molar-refractivity contribution in [3.8, 4) is 5.75 Å². The molecule has 3 N–H and O–H groups in total. The number of benzene rings is 1. The number of rotatable bonds is 5. The van der Waals surface area contributed by atoms with Gasteiger partial charge in [-0.3, -0.25) is 9.59 Å². The maximum Gasteiger partial charge on any atom is 0.237 e. The summed E-state index contributed by atoms with van der Waals surface area (Å²) in [5.74, 6) is -4.48. The molecule has 0 bridgehead atoms. The first-order chi connectivity index (χ1) is 13.0. The predicted octanol–water partition coefficient (Wildman–Crippen LogP) is 4.35. The fourth-order valence-electron chi connectivity index (χ4n) is 2.65. The van der Waals surface area contributed by atoms with Gasteiger partial charge in [-0.1, -0.05) is 32.6 Å². The smallest absolute Gasteiger partial charge is 0.237 e. The van der Waals surface area contributed by atoms with Gasteiger partial charge in [0.25, 0.3) is 0 Å². The summed E-state index contributed by atoms with van der Waals surface area (Å²) < 4.78 is 27.4. The van der Waals surface area contributed by atoms with Gasteiger partial charge in [-0.15, -0.1) is 0 Å². The van der Waals surface area contributed by atoms with Crippen LogP contribution in [0.3, 0.4) is 0 Å². The number of anilines is 1. The van der Waals surface area contributed by atoms with Crippen LogP contribution in [0.2, 0.25) is 0 Å². The van der Waals surface area contributed by atoms with E-state index in [1.165, 1.54) is 32.1 Å². The largest absolute Gasteiger partial charge is 0.503 e. The number of carbonyl (C=O) groups is 2. The van der Waals surface area contributed by atoms with Gasteiger partial charge in [0, 0.05) is 13.9 Å². The van der Waals surface area contributed by atoms with E-state index in [4.69, 9.17) is 0 Å². The Morgan fingerprint density at radius 3 is 2.61 bits per heavy atom. The number of halogens is 2. The number of hydrogen-bond acceptors (Lipinski definition) is 3. The predicted molar refractivity (Wildman–Crippen MR) is 108 cm³/mol. The molecule has 1 aliphatic heterocycles. The molecule has 7 heteroatoms. The number of allylic oxidation sites excluding steroid dienone is 2. The van der Waals surface area contributed by atoms with Crippen molar-refractivity contribution >= 4 is 17.5 Å². The van der Waals surface area contributed by atoms with Gasteiger partial charge in [0.2, 0.25) is 11.8 Å². The summed E-state index contributed by atoms with van der Waals surface area (Å²) in [5.41, 5.74) is -0.820. The van der Waals surface area contributed by atoms with Crippen molar-refractivity contribution in [3.63, 3.8) is 0 Å². The van der Waals surface area contributed by atoms with Crippen LogP contribution < -0.4 is 10.6 Å². The molecule has 0 radical (unpaired) electrons. The van der Waals surface area contributed by atoms with Gasteiger partial charge >= 0.3 is 0 Å². The summed E-state index contributed by atoms with van der Waals surface area (Å²) in [6, 6.07) is 3.69. The molecule has 5 nitrogen and oxygen atoms in total. The van der Waals surface area contributed by atoms with Gasteiger partial charge < -0.3 is 15.7 Å². The third-order valence-electron chi connectivity index (χ3n) is 4.52. The quantitative estimate of drug-likeness (QED) is 0.393. The number of aromatic hydroxyl groups is 1. The SMILES string of the molecule is C=C(/C=C(\C)C(C)(C)F)[C@H]1CNC(=O)[C@@H]1C(=O)Nc1cccc(F)c1O.CC.[HH]. The molecule has 2 atom stereocenters. The summed E-state index contributed by atoms with van der Waals surface area (Å²) in [5, 5.41) is 14.6. The monoisotopic (exact) mass is 396 g/mol. The minimum atomic E-state index is -1.55. The molecule has 0 unspecified atom stereocenters. The van der Waals surface area contributed by atoms with Crippen LogP contribution in [0.5, 0.6) is 5.75 Å². The van der Waals surface area contributed by atoms with E-state index in [1.54, 1.807) is 6.92 Å². The van der Waals surface area contributed by atoms with Crippen molar-refractivity contribution in [2.75, 3.05) is 11.9 Å². The molecule has 0 aliphatic carbocycles. The molecular formula is C21H30F2N2O3. The van der Waals surface area contributed by atoms with E-state index in [2.05, 4.69) is 17.2 Å². The summed E-state index contributed by atoms with van der Waals surface area (Å²) in [7, 11) is 0. The molecule has 0 aromatic heterocycles. The number of carbonyl (C=O) groups excluding carboxylic acids is 2. The second kappa shape index (κ2) is 9.48. The Labute approximate surface area is 166 Å². The fourth-order valence-corrected chi connectivity index (χ4v) is 2.65. The number of amides is 2. The molecule has 156 valence electrons. The van der Waals surface area contributed by atoms with Gasteiger partial charge in [-0.05, 0) is 44.1 Å². The highest BCUT2D eigenvalue weighted by Crippen LogP contribution is 2.32. The van der Waals surface area contributed by atoms with Gasteiger partial charge in [-0.2, -0.15) is 0 Å². The normalized spacial score (nSPS) is 19.4. The van der Waals surface area contributed by atoms with Crippen LogP contribution >= 0.6 is 0 Å². The van der Waals surface area contributed by atoms with Gasteiger partial charge in [-0.25, -0.2) is 8.78 Å². The molecule has 1 fully saturated rings. The summed E-state index contributed by atoms with van der Waals surface area (Å²) in [4.78, 5) is 24.7. The Kier molecular flexibility index (Phi) is 7.90. The summed E-state index contributed by atoms with van der Waals surface area (Å²) in [6.07, 6.45) is 1.53. The first kappa shape index (κ1) is 23.3. The second-order valence-electron chi connectivity index (χ2n) is 6.83. The molecule has 1 heterocycles. The van der Waals surface area contributed by atoms with Crippen LogP contribution in [0.4, 0.5) is 14.5 Å². The van der Waals surface area contributed by atoms with Crippen molar-refractivity contribution in [1.82, 2.24) is 5.32 Å². The molecule has 2 amide bonds. The number of hydrogen-bond donors (Lipinski definition) is 3. The maximum atomic E-state index is 14.0. The highest BCUT2D eigenvalue weighted by molar-refractivity contribution is 6.08. The Hall–Kier alpha value is -2.70. The lowest BCUT2D eigenvalue weighted by Gasteiger charge is -2.20. The van der Waals surface area contributed by atoms with E-state index in [1.807, 2.05) is 13.8 Å². The average molecular weight is 396 g/mol. The molecule has 28 heavy (non-hydrogen) atoms. The van der Waals surface area contributed by atoms with Crippen LogP contribution in [0.1, 0.15) is 36.0 Å². The second-order valence-corrected chi connectivity index (χ2v) is 6.83. The number of phenolic OH excluding ortho intramolecular Hbond substituents is 1. The number of para-hydroxylation sites is 1. The van der Waals surface area contributed by atoms with Crippen LogP contribution in [0.25, 0.3) is 0 Å². The molecule has 1 aliphatic rings. The molecule has 1 aromatic carbocycles. The Balaban J connectivity index is 0.00000253. The lowest BCUT2D eigenvalue weighted by atomic mass is 9.86. The Morgan fingerprint density at radius 2 is 2.04 bits per heavy atom. The fraction of sp³-hybridized carbons (Fsp3) is 0.429. The summed E-state index contributed by atoms with van der Waals surface area (Å²) >= 11 is 0. The third-order valence-corrected chi connectivity index (χ3v) is 4.52. The van der Waals surface area contributed by atoms with Gasteiger partial charge in [0.1, 0.15) is 11.6 Å². The zero-order chi connectivity index (χ0) is 21.6. The highest BCUT2D eigenvalue weighted by atomic mass is 19.1. The maximum absolute atomic E-state index is 14.0. The van der Waals surface area contributed by atoms with Crippen LogP contribution in [0.15, 0.2) is 42.0 Å². The summed E-state index contributed by atoms with van der Waals surface area (Å²) in [6.45, 7) is 12.5. The van der Waals surface area contributed by atoms with Crippen LogP contribution in [-0.4, -0.2) is 29.1 Å². The van der Waals surface area contributed by atoms with E-state index in [-0.39, 0.29) is 13.7 Å². The zero-order valence-electron chi connectivity index (χ0n) is 16.9. The third kappa shape index (κ3) is 5.41. The number of alkyl halides is 1. The highest BCUT2D eigenvalue weighted by Gasteiger charge is 2.41. The van der Waals surface area contributed by atoms with Crippen LogP contribution in [0, 0.1) is 17.7 Å². The Morgan fingerprint density at radius 1 is 1.43 bits per heavy atom. The van der Waals surface area contributed by atoms with Crippen molar-refractivity contribution < 1.29 is 24.9 Å². The topological polar surface area (TPSA) is 78.4 Å². The molecule has 2 rings (SSSR count). The molecule has 1 saturated heterocycles. The lowest BCUT2D eigenvalue weighted by molar-refractivity contribution is -0.130. The number of phenols is 1. The number of nitrogens with one attached hydrogen (secondary N) is 2. The van der Waals surface area contributed by atoms with Crippen molar-refractivity contribution in [2.24, 2.45) is 11.8 Å². The Bertz CT molecular complexity index is 789. The van der Waals surface area contributed by atoms with Crippen molar-refractivity contribution in [3.05, 3.63) is 47.8 Å². The van der Waals surface area contributed by atoms with Crippen molar-refractivity contribution in [2.45, 2.75) is 40.3 Å². The van der Waals surface area contributed by atoms with E-state index in [9.17, 15) is 23.5 Å². The lowest BCUT2D eigenvalue weighted by Crippen LogP contribution is -2.33. The van der Waals surface area contributed by atoms with Gasteiger partial charge in [0.05, 0.1) is 5.69 Å². The van der Waals surface area contributed by atoms with E-state index in [0.29, 0.717) is 11.1 Å².